The highest BCUT2D eigenvalue weighted by Gasteiger charge is 2.33. The van der Waals surface area contributed by atoms with Crippen molar-refractivity contribution >= 4 is 0 Å². The standard InChI is InChI=1S/C14H22O3/c1-5-17-13-8-6-12(7-9-13)14(15,10-16-4)11(2)3/h6-9,11,15H,5,10H2,1-4H3. The largest absolute Gasteiger partial charge is 0.494 e. The number of benzene rings is 1. The van der Waals surface area contributed by atoms with Gasteiger partial charge in [-0.25, -0.2) is 0 Å². The van der Waals surface area contributed by atoms with E-state index in [4.69, 9.17) is 9.47 Å². The van der Waals surface area contributed by atoms with Gasteiger partial charge < -0.3 is 14.6 Å². The molecule has 96 valence electrons. The van der Waals surface area contributed by atoms with Crippen LogP contribution >= 0.6 is 0 Å². The quantitative estimate of drug-likeness (QED) is 0.828. The van der Waals surface area contributed by atoms with Crippen LogP contribution in [0.5, 0.6) is 5.75 Å². The maximum Gasteiger partial charge on any atom is 0.119 e. The monoisotopic (exact) mass is 238 g/mol. The average molecular weight is 238 g/mol. The van der Waals surface area contributed by atoms with Crippen LogP contribution in [0.4, 0.5) is 0 Å². The van der Waals surface area contributed by atoms with Crippen molar-refractivity contribution < 1.29 is 14.6 Å². The van der Waals surface area contributed by atoms with Crippen LogP contribution in [-0.4, -0.2) is 25.4 Å². The van der Waals surface area contributed by atoms with Crippen molar-refractivity contribution in [2.75, 3.05) is 20.3 Å². The molecule has 0 saturated carbocycles. The van der Waals surface area contributed by atoms with Crippen LogP contribution in [-0.2, 0) is 10.3 Å². The smallest absolute Gasteiger partial charge is 0.119 e. The third kappa shape index (κ3) is 3.20. The summed E-state index contributed by atoms with van der Waals surface area (Å²) in [5.41, 5.74) is -0.0859. The van der Waals surface area contributed by atoms with Gasteiger partial charge in [-0.05, 0) is 30.5 Å². The first-order chi connectivity index (χ1) is 8.04. The second kappa shape index (κ2) is 6.03. The third-order valence-electron chi connectivity index (χ3n) is 2.98. The van der Waals surface area contributed by atoms with Gasteiger partial charge in [0.1, 0.15) is 11.4 Å². The van der Waals surface area contributed by atoms with Crippen LogP contribution in [0.1, 0.15) is 26.3 Å². The van der Waals surface area contributed by atoms with E-state index in [2.05, 4.69) is 0 Å². The molecule has 1 aromatic rings. The lowest BCUT2D eigenvalue weighted by molar-refractivity contribution is -0.0700. The van der Waals surface area contributed by atoms with Crippen LogP contribution in [0.2, 0.25) is 0 Å². The topological polar surface area (TPSA) is 38.7 Å². The Hall–Kier alpha value is -1.06. The fraction of sp³-hybridized carbons (Fsp3) is 0.571. The highest BCUT2D eigenvalue weighted by Crippen LogP contribution is 2.30. The van der Waals surface area contributed by atoms with Crippen LogP contribution in [0.3, 0.4) is 0 Å². The van der Waals surface area contributed by atoms with Crippen molar-refractivity contribution in [2.24, 2.45) is 5.92 Å². The van der Waals surface area contributed by atoms with Gasteiger partial charge in [-0.3, -0.25) is 0 Å². The van der Waals surface area contributed by atoms with E-state index < -0.39 is 5.60 Å². The SMILES string of the molecule is CCOc1ccc(C(O)(COC)C(C)C)cc1. The number of methoxy groups -OCH3 is 1. The highest BCUT2D eigenvalue weighted by molar-refractivity contribution is 5.31. The Kier molecular flexibility index (Phi) is 4.97. The first-order valence-corrected chi connectivity index (χ1v) is 5.99. The first-order valence-electron chi connectivity index (χ1n) is 5.99. The molecule has 0 aliphatic carbocycles. The van der Waals surface area contributed by atoms with Crippen LogP contribution in [0, 0.1) is 5.92 Å². The zero-order valence-corrected chi connectivity index (χ0v) is 11.1. The fourth-order valence-corrected chi connectivity index (χ4v) is 1.81. The van der Waals surface area contributed by atoms with Gasteiger partial charge in [-0.1, -0.05) is 26.0 Å². The summed E-state index contributed by atoms with van der Waals surface area (Å²) in [7, 11) is 1.60. The van der Waals surface area contributed by atoms with Gasteiger partial charge in [-0.2, -0.15) is 0 Å². The molecule has 1 rings (SSSR count). The molecule has 0 aliphatic heterocycles. The Balaban J connectivity index is 2.95. The minimum absolute atomic E-state index is 0.0837. The van der Waals surface area contributed by atoms with Gasteiger partial charge in [0.25, 0.3) is 0 Å². The summed E-state index contributed by atoms with van der Waals surface area (Å²) < 4.78 is 10.5. The van der Waals surface area contributed by atoms with Crippen LogP contribution < -0.4 is 4.74 Å². The molecular formula is C14H22O3. The molecule has 0 fully saturated rings. The van der Waals surface area contributed by atoms with Crippen molar-refractivity contribution in [3.63, 3.8) is 0 Å². The number of hydrogen-bond acceptors (Lipinski definition) is 3. The van der Waals surface area contributed by atoms with E-state index in [-0.39, 0.29) is 5.92 Å². The molecule has 1 aromatic carbocycles. The lowest BCUT2D eigenvalue weighted by Crippen LogP contribution is -2.36. The predicted molar refractivity (Wildman–Crippen MR) is 68.2 cm³/mol. The van der Waals surface area contributed by atoms with Crippen molar-refractivity contribution in [2.45, 2.75) is 26.4 Å². The Morgan fingerprint density at radius 2 is 1.82 bits per heavy atom. The number of rotatable bonds is 6. The minimum Gasteiger partial charge on any atom is -0.494 e. The molecule has 3 nitrogen and oxygen atoms in total. The number of aliphatic hydroxyl groups is 1. The maximum atomic E-state index is 10.6. The van der Waals surface area contributed by atoms with Gasteiger partial charge in [0.2, 0.25) is 0 Å². The molecule has 0 saturated heterocycles. The number of ether oxygens (including phenoxy) is 2. The molecule has 0 bridgehead atoms. The summed E-state index contributed by atoms with van der Waals surface area (Å²) >= 11 is 0. The molecule has 1 unspecified atom stereocenters. The lowest BCUT2D eigenvalue weighted by Gasteiger charge is -2.32. The van der Waals surface area contributed by atoms with Crippen molar-refractivity contribution in [3.05, 3.63) is 29.8 Å². The molecule has 0 aromatic heterocycles. The van der Waals surface area contributed by atoms with E-state index in [1.54, 1.807) is 7.11 Å². The van der Waals surface area contributed by atoms with E-state index in [1.807, 2.05) is 45.0 Å². The van der Waals surface area contributed by atoms with Gasteiger partial charge in [0, 0.05) is 7.11 Å². The summed E-state index contributed by atoms with van der Waals surface area (Å²) in [4.78, 5) is 0. The average Bonchev–Trinajstić information content (AvgIpc) is 2.30. The van der Waals surface area contributed by atoms with E-state index in [9.17, 15) is 5.11 Å². The third-order valence-corrected chi connectivity index (χ3v) is 2.98. The minimum atomic E-state index is -0.945. The summed E-state index contributed by atoms with van der Waals surface area (Å²) in [6, 6.07) is 7.54. The zero-order chi connectivity index (χ0) is 12.9. The maximum absolute atomic E-state index is 10.6. The van der Waals surface area contributed by atoms with Crippen molar-refractivity contribution in [1.82, 2.24) is 0 Å². The Labute approximate surface area is 103 Å². The molecule has 0 heterocycles. The van der Waals surface area contributed by atoms with E-state index in [1.165, 1.54) is 0 Å². The zero-order valence-electron chi connectivity index (χ0n) is 11.1. The molecule has 17 heavy (non-hydrogen) atoms. The molecule has 0 radical (unpaired) electrons. The fourth-order valence-electron chi connectivity index (χ4n) is 1.81. The van der Waals surface area contributed by atoms with Gasteiger partial charge in [0.05, 0.1) is 13.2 Å². The second-order valence-corrected chi connectivity index (χ2v) is 4.47. The van der Waals surface area contributed by atoms with Gasteiger partial charge >= 0.3 is 0 Å². The van der Waals surface area contributed by atoms with E-state index in [0.717, 1.165) is 11.3 Å². The van der Waals surface area contributed by atoms with Gasteiger partial charge in [0.15, 0.2) is 0 Å². The summed E-state index contributed by atoms with van der Waals surface area (Å²) in [6.45, 7) is 6.85. The van der Waals surface area contributed by atoms with E-state index in [0.29, 0.717) is 13.2 Å². The Morgan fingerprint density at radius 1 is 1.24 bits per heavy atom. The highest BCUT2D eigenvalue weighted by atomic mass is 16.5. The molecule has 0 aliphatic rings. The van der Waals surface area contributed by atoms with Crippen LogP contribution in [0.25, 0.3) is 0 Å². The number of hydrogen-bond donors (Lipinski definition) is 1. The molecular weight excluding hydrogens is 216 g/mol. The Bertz CT molecular complexity index is 332. The van der Waals surface area contributed by atoms with E-state index >= 15 is 0 Å². The summed E-state index contributed by atoms with van der Waals surface area (Å²) in [5.74, 6) is 0.903. The molecule has 3 heteroatoms. The second-order valence-electron chi connectivity index (χ2n) is 4.47. The normalized spacial score (nSPS) is 14.7. The van der Waals surface area contributed by atoms with Crippen molar-refractivity contribution in [1.29, 1.82) is 0 Å². The lowest BCUT2D eigenvalue weighted by atomic mass is 9.84. The Morgan fingerprint density at radius 3 is 2.24 bits per heavy atom. The summed E-state index contributed by atoms with van der Waals surface area (Å²) in [6.07, 6.45) is 0. The molecule has 1 atom stereocenters. The van der Waals surface area contributed by atoms with Crippen molar-refractivity contribution in [3.8, 4) is 5.75 Å². The molecule has 0 spiro atoms. The van der Waals surface area contributed by atoms with Gasteiger partial charge in [-0.15, -0.1) is 0 Å². The first kappa shape index (κ1) is 14.0. The summed E-state index contributed by atoms with van der Waals surface area (Å²) in [5, 5.41) is 10.6. The van der Waals surface area contributed by atoms with Crippen LogP contribution in [0.15, 0.2) is 24.3 Å². The molecule has 0 amide bonds. The molecule has 1 N–H and O–H groups in total. The predicted octanol–water partition coefficient (Wildman–Crippen LogP) is 2.58.